The van der Waals surface area contributed by atoms with Crippen molar-refractivity contribution in [3.05, 3.63) is 59.7 Å². The van der Waals surface area contributed by atoms with Gasteiger partial charge in [-0.1, -0.05) is 43.3 Å². The maximum absolute atomic E-state index is 13.2. The zero-order chi connectivity index (χ0) is 18.9. The molecule has 1 heterocycles. The third kappa shape index (κ3) is 4.01. The van der Waals surface area contributed by atoms with Crippen molar-refractivity contribution in [2.45, 2.75) is 30.7 Å². The molecule has 27 heavy (non-hydrogen) atoms. The lowest BCUT2D eigenvalue weighted by Gasteiger charge is -2.30. The highest BCUT2D eigenvalue weighted by molar-refractivity contribution is 7.89. The predicted octanol–water partition coefficient (Wildman–Crippen LogP) is 2.17. The van der Waals surface area contributed by atoms with E-state index in [0.717, 1.165) is 11.1 Å². The average Bonchev–Trinajstić information content (AvgIpc) is 3.04. The first-order chi connectivity index (χ1) is 12.3. The van der Waals surface area contributed by atoms with Gasteiger partial charge in [-0.15, -0.1) is 12.4 Å². The van der Waals surface area contributed by atoms with Crippen LogP contribution in [0.15, 0.2) is 53.4 Å². The van der Waals surface area contributed by atoms with Gasteiger partial charge in [-0.2, -0.15) is 0 Å². The highest BCUT2D eigenvalue weighted by Crippen LogP contribution is 2.33. The molecular weight excluding hydrogens is 386 g/mol. The van der Waals surface area contributed by atoms with Gasteiger partial charge in [0.25, 0.3) is 5.91 Å². The minimum atomic E-state index is -3.59. The normalized spacial score (nSPS) is 15.6. The number of sulfonamides is 1. The van der Waals surface area contributed by atoms with E-state index in [9.17, 15) is 13.2 Å². The number of nitrogens with two attached hydrogens (primary N) is 1. The van der Waals surface area contributed by atoms with Crippen LogP contribution in [-0.2, 0) is 26.8 Å². The number of fused-ring (bicyclic) bond motifs is 1. The van der Waals surface area contributed by atoms with E-state index in [1.54, 1.807) is 36.9 Å². The standard InChI is InChI=1S/C19H23N3O3S.ClH/c1-3-21-26(24,25)16-10-9-14-11-12-22(17(14)13-16)18(23)19(2,20)15-7-5-4-6-8-15;/h4-10,13,21H,3,11-12,20H2,1-2H3;1H. The molecule has 3 N–H and O–H groups in total. The number of benzene rings is 2. The third-order valence-corrected chi connectivity index (χ3v) is 6.20. The summed E-state index contributed by atoms with van der Waals surface area (Å²) >= 11 is 0. The van der Waals surface area contributed by atoms with E-state index in [2.05, 4.69) is 4.72 Å². The van der Waals surface area contributed by atoms with Gasteiger partial charge >= 0.3 is 0 Å². The molecule has 0 aliphatic carbocycles. The first kappa shape index (κ1) is 21.4. The fourth-order valence-corrected chi connectivity index (χ4v) is 4.26. The van der Waals surface area contributed by atoms with Crippen LogP contribution in [0.5, 0.6) is 0 Å². The van der Waals surface area contributed by atoms with E-state index < -0.39 is 15.6 Å². The van der Waals surface area contributed by atoms with Crippen LogP contribution in [0.2, 0.25) is 0 Å². The van der Waals surface area contributed by atoms with E-state index in [1.807, 2.05) is 30.3 Å². The molecule has 0 fully saturated rings. The Labute approximate surface area is 166 Å². The number of carbonyl (C=O) groups is 1. The second-order valence-corrected chi connectivity index (χ2v) is 8.33. The molecule has 0 radical (unpaired) electrons. The summed E-state index contributed by atoms with van der Waals surface area (Å²) in [5.41, 5.74) is 7.45. The Balaban J connectivity index is 0.00000261. The molecular formula is C19H24ClN3O3S. The quantitative estimate of drug-likeness (QED) is 0.791. The van der Waals surface area contributed by atoms with Crippen LogP contribution in [0.1, 0.15) is 25.0 Å². The van der Waals surface area contributed by atoms with E-state index in [4.69, 9.17) is 5.73 Å². The molecule has 1 aliphatic rings. The van der Waals surface area contributed by atoms with Gasteiger partial charge in [-0.05, 0) is 36.6 Å². The number of rotatable bonds is 5. The summed E-state index contributed by atoms with van der Waals surface area (Å²) in [6.45, 7) is 4.19. The highest BCUT2D eigenvalue weighted by atomic mass is 35.5. The van der Waals surface area contributed by atoms with Gasteiger partial charge in [-0.3, -0.25) is 4.79 Å². The number of anilines is 1. The van der Waals surface area contributed by atoms with Crippen LogP contribution >= 0.6 is 12.4 Å². The molecule has 1 amide bonds. The van der Waals surface area contributed by atoms with Crippen LogP contribution in [0.25, 0.3) is 0 Å². The molecule has 8 heteroatoms. The van der Waals surface area contributed by atoms with Crippen molar-refractivity contribution in [3.8, 4) is 0 Å². The molecule has 146 valence electrons. The van der Waals surface area contributed by atoms with Gasteiger partial charge in [0.1, 0.15) is 5.54 Å². The lowest BCUT2D eigenvalue weighted by atomic mass is 9.91. The number of carbonyl (C=O) groups excluding carboxylic acids is 1. The zero-order valence-electron chi connectivity index (χ0n) is 15.3. The van der Waals surface area contributed by atoms with E-state index in [-0.39, 0.29) is 23.2 Å². The maximum atomic E-state index is 13.2. The summed E-state index contributed by atoms with van der Waals surface area (Å²) in [5.74, 6) is -0.250. The Morgan fingerprint density at radius 1 is 1.22 bits per heavy atom. The van der Waals surface area contributed by atoms with Crippen LogP contribution in [0, 0.1) is 0 Å². The SMILES string of the molecule is CCNS(=O)(=O)c1ccc2c(c1)N(C(=O)C(C)(N)c1ccccc1)CC2.Cl. The Morgan fingerprint density at radius 3 is 2.52 bits per heavy atom. The average molecular weight is 410 g/mol. The van der Waals surface area contributed by atoms with Crippen molar-refractivity contribution in [2.24, 2.45) is 5.73 Å². The van der Waals surface area contributed by atoms with Crippen LogP contribution < -0.4 is 15.4 Å². The van der Waals surface area contributed by atoms with Gasteiger partial charge in [0.05, 0.1) is 4.90 Å². The van der Waals surface area contributed by atoms with Gasteiger partial charge in [0.2, 0.25) is 10.0 Å². The molecule has 6 nitrogen and oxygen atoms in total. The minimum absolute atomic E-state index is 0. The first-order valence-corrected chi connectivity index (χ1v) is 10.0. The van der Waals surface area contributed by atoms with Gasteiger partial charge in [0.15, 0.2) is 0 Å². The van der Waals surface area contributed by atoms with Crippen molar-refractivity contribution in [2.75, 3.05) is 18.0 Å². The van der Waals surface area contributed by atoms with Crippen molar-refractivity contribution in [3.63, 3.8) is 0 Å². The largest absolute Gasteiger partial charge is 0.314 e. The van der Waals surface area contributed by atoms with E-state index in [1.165, 1.54) is 0 Å². The summed E-state index contributed by atoms with van der Waals surface area (Å²) in [4.78, 5) is 14.9. The molecule has 1 unspecified atom stereocenters. The molecule has 1 aliphatic heterocycles. The Morgan fingerprint density at radius 2 is 1.89 bits per heavy atom. The highest BCUT2D eigenvalue weighted by Gasteiger charge is 2.38. The van der Waals surface area contributed by atoms with Crippen LogP contribution in [-0.4, -0.2) is 27.4 Å². The molecule has 0 saturated carbocycles. The number of nitrogens with zero attached hydrogens (tertiary/aromatic N) is 1. The fourth-order valence-electron chi connectivity index (χ4n) is 3.20. The van der Waals surface area contributed by atoms with E-state index in [0.29, 0.717) is 25.2 Å². The maximum Gasteiger partial charge on any atom is 0.251 e. The number of hydrogen-bond donors (Lipinski definition) is 2. The molecule has 2 aromatic carbocycles. The first-order valence-electron chi connectivity index (χ1n) is 8.56. The van der Waals surface area contributed by atoms with Crippen molar-refractivity contribution >= 4 is 34.0 Å². The van der Waals surface area contributed by atoms with Crippen LogP contribution in [0.3, 0.4) is 0 Å². The number of nitrogens with one attached hydrogen (secondary N) is 1. The monoisotopic (exact) mass is 409 g/mol. The zero-order valence-corrected chi connectivity index (χ0v) is 16.9. The number of hydrogen-bond acceptors (Lipinski definition) is 4. The van der Waals surface area contributed by atoms with Gasteiger partial charge < -0.3 is 10.6 Å². The third-order valence-electron chi connectivity index (χ3n) is 4.66. The summed E-state index contributed by atoms with van der Waals surface area (Å²) in [6.07, 6.45) is 0.674. The minimum Gasteiger partial charge on any atom is -0.314 e. The Bertz CT molecular complexity index is 930. The summed E-state index contributed by atoms with van der Waals surface area (Å²) in [6, 6.07) is 14.1. The number of halogens is 1. The summed E-state index contributed by atoms with van der Waals surface area (Å²) in [7, 11) is -3.59. The fraction of sp³-hybridized carbons (Fsp3) is 0.316. The van der Waals surface area contributed by atoms with Gasteiger partial charge in [0, 0.05) is 18.8 Å². The van der Waals surface area contributed by atoms with E-state index >= 15 is 0 Å². The Kier molecular flexibility index (Phi) is 6.32. The second kappa shape index (κ2) is 7.98. The molecule has 0 saturated heterocycles. The predicted molar refractivity (Wildman–Crippen MR) is 109 cm³/mol. The summed E-state index contributed by atoms with van der Waals surface area (Å²) < 4.78 is 27.0. The number of amides is 1. The van der Waals surface area contributed by atoms with Crippen molar-refractivity contribution < 1.29 is 13.2 Å². The topological polar surface area (TPSA) is 92.5 Å². The summed E-state index contributed by atoms with van der Waals surface area (Å²) in [5, 5.41) is 0. The molecule has 0 aromatic heterocycles. The lowest BCUT2D eigenvalue weighted by molar-refractivity contribution is -0.123. The molecule has 0 bridgehead atoms. The molecule has 0 spiro atoms. The van der Waals surface area contributed by atoms with Crippen molar-refractivity contribution in [1.29, 1.82) is 0 Å². The van der Waals surface area contributed by atoms with Crippen molar-refractivity contribution in [1.82, 2.24) is 4.72 Å². The molecule has 3 rings (SSSR count). The lowest BCUT2D eigenvalue weighted by Crippen LogP contribution is -2.50. The van der Waals surface area contributed by atoms with Gasteiger partial charge in [-0.25, -0.2) is 13.1 Å². The van der Waals surface area contributed by atoms with Crippen LogP contribution in [0.4, 0.5) is 5.69 Å². The second-order valence-electron chi connectivity index (χ2n) is 6.57. The molecule has 1 atom stereocenters. The smallest absolute Gasteiger partial charge is 0.251 e. The Hall–Kier alpha value is -1.93. The molecule has 2 aromatic rings.